The minimum Gasteiger partial charge on any atom is -0.491 e. The van der Waals surface area contributed by atoms with Crippen molar-refractivity contribution in [2.45, 2.75) is 70.0 Å². The zero-order chi connectivity index (χ0) is 19.4. The highest BCUT2D eigenvalue weighted by Gasteiger charge is 2.60. The molecule has 27 heavy (non-hydrogen) atoms. The van der Waals surface area contributed by atoms with E-state index in [4.69, 9.17) is 28.4 Å². The lowest BCUT2D eigenvalue weighted by molar-refractivity contribution is -0.384. The number of nitrogens with zero attached hydrogens (tertiary/aromatic N) is 1. The third kappa shape index (κ3) is 3.65. The zero-order valence-corrected chi connectivity index (χ0v) is 15.6. The van der Waals surface area contributed by atoms with Crippen LogP contribution >= 0.6 is 0 Å². The van der Waals surface area contributed by atoms with E-state index in [0.717, 1.165) is 0 Å². The summed E-state index contributed by atoms with van der Waals surface area (Å²) in [6, 6.07) is 5.89. The average molecular weight is 381 g/mol. The molecule has 0 aromatic heterocycles. The normalized spacial score (nSPS) is 36.1. The van der Waals surface area contributed by atoms with Gasteiger partial charge >= 0.3 is 0 Å². The highest BCUT2D eigenvalue weighted by molar-refractivity contribution is 5.36. The van der Waals surface area contributed by atoms with Gasteiger partial charge in [0, 0.05) is 12.1 Å². The van der Waals surface area contributed by atoms with E-state index in [9.17, 15) is 10.1 Å². The summed E-state index contributed by atoms with van der Waals surface area (Å²) >= 11 is 0. The van der Waals surface area contributed by atoms with Crippen LogP contribution in [0.5, 0.6) is 5.75 Å². The summed E-state index contributed by atoms with van der Waals surface area (Å²) in [7, 11) is 0. The Morgan fingerprint density at radius 1 is 0.963 bits per heavy atom. The van der Waals surface area contributed by atoms with Gasteiger partial charge in [-0.3, -0.25) is 10.1 Å². The average Bonchev–Trinajstić information content (AvgIpc) is 3.07. The summed E-state index contributed by atoms with van der Waals surface area (Å²) in [6.07, 6.45) is -2.12. The lowest BCUT2D eigenvalue weighted by Crippen LogP contribution is -2.56. The molecule has 3 heterocycles. The van der Waals surface area contributed by atoms with Crippen LogP contribution in [0.2, 0.25) is 0 Å². The third-order valence-electron chi connectivity index (χ3n) is 4.71. The van der Waals surface area contributed by atoms with Gasteiger partial charge in [-0.05, 0) is 39.8 Å². The van der Waals surface area contributed by atoms with E-state index in [0.29, 0.717) is 5.75 Å². The number of nitro groups is 1. The van der Waals surface area contributed by atoms with Crippen molar-refractivity contribution in [2.75, 3.05) is 6.61 Å². The Bertz CT molecular complexity index is 719. The van der Waals surface area contributed by atoms with Gasteiger partial charge in [-0.1, -0.05) is 0 Å². The van der Waals surface area contributed by atoms with Crippen LogP contribution < -0.4 is 4.74 Å². The molecule has 3 aliphatic heterocycles. The summed E-state index contributed by atoms with van der Waals surface area (Å²) in [6.45, 7) is 7.52. The molecule has 1 aromatic rings. The molecule has 0 radical (unpaired) electrons. The predicted octanol–water partition coefficient (Wildman–Crippen LogP) is 2.37. The summed E-state index contributed by atoms with van der Waals surface area (Å²) in [5.74, 6) is -1.04. The Morgan fingerprint density at radius 2 is 1.56 bits per heavy atom. The summed E-state index contributed by atoms with van der Waals surface area (Å²) in [4.78, 5) is 10.3. The SMILES string of the molecule is CC1(C)O[C@H]2[C@@H](O1)[C@@H](COc1ccc([N+](=O)[O-])cc1)O[C@@H]1OC(C)(C)O[C@@H]12. The minimum absolute atomic E-state index is 0.00665. The van der Waals surface area contributed by atoms with Crippen LogP contribution in [-0.2, 0) is 23.7 Å². The van der Waals surface area contributed by atoms with Crippen LogP contribution in [-0.4, -0.2) is 53.8 Å². The van der Waals surface area contributed by atoms with Gasteiger partial charge in [0.2, 0.25) is 0 Å². The monoisotopic (exact) mass is 381 g/mol. The Labute approximate surface area is 156 Å². The summed E-state index contributed by atoms with van der Waals surface area (Å²) in [5, 5.41) is 10.8. The molecule has 3 fully saturated rings. The van der Waals surface area contributed by atoms with E-state index in [1.165, 1.54) is 12.1 Å². The van der Waals surface area contributed by atoms with E-state index in [-0.39, 0.29) is 30.6 Å². The van der Waals surface area contributed by atoms with E-state index in [2.05, 4.69) is 0 Å². The maximum Gasteiger partial charge on any atom is 0.269 e. The van der Waals surface area contributed by atoms with Gasteiger partial charge in [-0.15, -0.1) is 0 Å². The van der Waals surface area contributed by atoms with Crippen LogP contribution in [0.3, 0.4) is 0 Å². The minimum atomic E-state index is -0.774. The third-order valence-corrected chi connectivity index (χ3v) is 4.71. The van der Waals surface area contributed by atoms with Gasteiger partial charge in [-0.2, -0.15) is 0 Å². The molecule has 0 unspecified atom stereocenters. The topological polar surface area (TPSA) is 98.5 Å². The lowest BCUT2D eigenvalue weighted by atomic mass is 9.99. The molecule has 1 aromatic carbocycles. The Hall–Kier alpha value is -1.78. The second-order valence-corrected chi connectivity index (χ2v) is 7.77. The molecule has 0 saturated carbocycles. The zero-order valence-electron chi connectivity index (χ0n) is 15.6. The molecule has 3 saturated heterocycles. The van der Waals surface area contributed by atoms with Crippen molar-refractivity contribution in [3.63, 3.8) is 0 Å². The number of hydrogen-bond acceptors (Lipinski definition) is 8. The highest BCUT2D eigenvalue weighted by Crippen LogP contribution is 2.44. The standard InChI is InChI=1S/C18H23NO8/c1-17(2)24-13-12(9-22-11-7-5-10(6-8-11)19(20)21)23-16-15(14(13)25-17)26-18(3,4)27-16/h5-8,12-16H,9H2,1-4H3/t12-,13+,14+,15-,16-/m1/s1. The van der Waals surface area contributed by atoms with Gasteiger partial charge < -0.3 is 28.4 Å². The number of nitro benzene ring substituents is 1. The fourth-order valence-electron chi connectivity index (χ4n) is 3.67. The number of fused-ring (bicyclic) bond motifs is 3. The number of rotatable bonds is 4. The molecule has 9 nitrogen and oxygen atoms in total. The van der Waals surface area contributed by atoms with E-state index in [1.807, 2.05) is 27.7 Å². The van der Waals surface area contributed by atoms with Crippen molar-refractivity contribution in [3.05, 3.63) is 34.4 Å². The van der Waals surface area contributed by atoms with Crippen molar-refractivity contribution in [1.29, 1.82) is 0 Å². The molecule has 0 aliphatic carbocycles. The van der Waals surface area contributed by atoms with Crippen molar-refractivity contribution >= 4 is 5.69 Å². The molecule has 9 heteroatoms. The summed E-state index contributed by atoms with van der Waals surface area (Å²) < 4.78 is 35.7. The van der Waals surface area contributed by atoms with Crippen LogP contribution in [0.1, 0.15) is 27.7 Å². The molecule has 4 rings (SSSR count). The molecule has 0 N–H and O–H groups in total. The second-order valence-electron chi connectivity index (χ2n) is 7.77. The fraction of sp³-hybridized carbons (Fsp3) is 0.667. The molecule has 5 atom stereocenters. The number of non-ortho nitro benzene ring substituents is 1. The molecular weight excluding hydrogens is 358 g/mol. The predicted molar refractivity (Wildman–Crippen MR) is 91.1 cm³/mol. The first-order valence-electron chi connectivity index (χ1n) is 8.88. The molecule has 148 valence electrons. The first-order chi connectivity index (χ1) is 12.6. The Morgan fingerprint density at radius 3 is 2.22 bits per heavy atom. The van der Waals surface area contributed by atoms with E-state index >= 15 is 0 Å². The van der Waals surface area contributed by atoms with Crippen molar-refractivity contribution in [2.24, 2.45) is 0 Å². The smallest absolute Gasteiger partial charge is 0.269 e. The maximum atomic E-state index is 10.8. The van der Waals surface area contributed by atoms with Gasteiger partial charge in [0.15, 0.2) is 17.9 Å². The molecule has 0 bridgehead atoms. The molecule has 0 amide bonds. The fourth-order valence-corrected chi connectivity index (χ4v) is 3.67. The van der Waals surface area contributed by atoms with Gasteiger partial charge in [0.05, 0.1) is 4.92 Å². The van der Waals surface area contributed by atoms with Crippen LogP contribution in [0, 0.1) is 10.1 Å². The van der Waals surface area contributed by atoms with Crippen LogP contribution in [0.15, 0.2) is 24.3 Å². The number of ether oxygens (including phenoxy) is 6. The second kappa shape index (κ2) is 6.39. The Balaban J connectivity index is 1.48. The van der Waals surface area contributed by atoms with Crippen LogP contribution in [0.4, 0.5) is 5.69 Å². The maximum absolute atomic E-state index is 10.8. The van der Waals surface area contributed by atoms with E-state index < -0.39 is 28.9 Å². The van der Waals surface area contributed by atoms with E-state index in [1.54, 1.807) is 12.1 Å². The van der Waals surface area contributed by atoms with Gasteiger partial charge in [-0.25, -0.2) is 0 Å². The summed E-state index contributed by atoms with van der Waals surface area (Å²) in [5.41, 5.74) is 0.00665. The first kappa shape index (κ1) is 18.6. The largest absolute Gasteiger partial charge is 0.491 e. The highest BCUT2D eigenvalue weighted by atomic mass is 16.9. The van der Waals surface area contributed by atoms with Crippen molar-refractivity contribution in [1.82, 2.24) is 0 Å². The quantitative estimate of drug-likeness (QED) is 0.579. The van der Waals surface area contributed by atoms with Gasteiger partial charge in [0.1, 0.15) is 36.8 Å². The lowest BCUT2D eigenvalue weighted by Gasteiger charge is -2.37. The first-order valence-corrected chi connectivity index (χ1v) is 8.88. The molecule has 0 spiro atoms. The number of hydrogen-bond donors (Lipinski definition) is 0. The van der Waals surface area contributed by atoms with Crippen LogP contribution in [0.25, 0.3) is 0 Å². The Kier molecular flexibility index (Phi) is 4.39. The van der Waals surface area contributed by atoms with Crippen molar-refractivity contribution < 1.29 is 33.3 Å². The number of benzene rings is 1. The molecular formula is C18H23NO8. The van der Waals surface area contributed by atoms with Gasteiger partial charge in [0.25, 0.3) is 5.69 Å². The molecule has 3 aliphatic rings. The van der Waals surface area contributed by atoms with Crippen molar-refractivity contribution in [3.8, 4) is 5.75 Å².